The molecule has 100 valence electrons. The van der Waals surface area contributed by atoms with Gasteiger partial charge >= 0.3 is 0 Å². The van der Waals surface area contributed by atoms with Gasteiger partial charge in [-0.25, -0.2) is 0 Å². The summed E-state index contributed by atoms with van der Waals surface area (Å²) < 4.78 is 5.53. The molecule has 0 saturated heterocycles. The molecule has 1 aromatic rings. The number of hydrogen-bond acceptors (Lipinski definition) is 4. The van der Waals surface area contributed by atoms with Gasteiger partial charge in [-0.05, 0) is 12.3 Å². The Labute approximate surface area is 107 Å². The molecule has 5 heteroatoms. The molecule has 0 aromatic heterocycles. The summed E-state index contributed by atoms with van der Waals surface area (Å²) in [6, 6.07) is 4.78. The molecule has 0 atom stereocenters. The topological polar surface area (TPSA) is 64.4 Å². The van der Waals surface area contributed by atoms with Crippen LogP contribution in [0.4, 0.5) is 11.4 Å². The fourth-order valence-corrected chi connectivity index (χ4v) is 1.41. The van der Waals surface area contributed by atoms with E-state index in [0.717, 1.165) is 18.7 Å². The van der Waals surface area contributed by atoms with Gasteiger partial charge in [0, 0.05) is 24.4 Å². The highest BCUT2D eigenvalue weighted by Crippen LogP contribution is 2.26. The van der Waals surface area contributed by atoms with Crippen LogP contribution >= 0.6 is 0 Å². The minimum Gasteiger partial charge on any atom is -0.493 e. The van der Waals surface area contributed by atoms with Crippen molar-refractivity contribution < 1.29 is 9.66 Å². The fourth-order valence-electron chi connectivity index (χ4n) is 1.41. The predicted octanol–water partition coefficient (Wildman–Crippen LogP) is 3.45. The number of nitrogens with zero attached hydrogens (tertiary/aromatic N) is 1. The highest BCUT2D eigenvalue weighted by Gasteiger charge is 2.10. The van der Waals surface area contributed by atoms with Gasteiger partial charge in [0.1, 0.15) is 5.75 Å². The molecular formula is C13H20N2O3. The SMILES string of the molecule is CCCNc1cc(OCC(C)C)cc([N+](=O)[O-])c1. The highest BCUT2D eigenvalue weighted by molar-refractivity contribution is 5.56. The predicted molar refractivity (Wildman–Crippen MR) is 72.2 cm³/mol. The maximum Gasteiger partial charge on any atom is 0.275 e. The van der Waals surface area contributed by atoms with E-state index in [1.807, 2.05) is 20.8 Å². The largest absolute Gasteiger partial charge is 0.493 e. The monoisotopic (exact) mass is 252 g/mol. The highest BCUT2D eigenvalue weighted by atomic mass is 16.6. The maximum absolute atomic E-state index is 10.8. The number of ether oxygens (including phenoxy) is 1. The lowest BCUT2D eigenvalue weighted by Crippen LogP contribution is -2.06. The third kappa shape index (κ3) is 4.61. The Balaban J connectivity index is 2.87. The van der Waals surface area contributed by atoms with Crippen molar-refractivity contribution in [1.29, 1.82) is 0 Å². The minimum atomic E-state index is -0.403. The number of non-ortho nitro benzene ring substituents is 1. The molecule has 0 amide bonds. The zero-order chi connectivity index (χ0) is 13.5. The number of benzene rings is 1. The number of nitro groups is 1. The van der Waals surface area contributed by atoms with E-state index in [-0.39, 0.29) is 5.69 Å². The second-order valence-electron chi connectivity index (χ2n) is 4.60. The first kappa shape index (κ1) is 14.3. The molecule has 0 unspecified atom stereocenters. The second kappa shape index (κ2) is 6.83. The van der Waals surface area contributed by atoms with Gasteiger partial charge in [0.2, 0.25) is 0 Å². The van der Waals surface area contributed by atoms with E-state index in [1.165, 1.54) is 12.1 Å². The van der Waals surface area contributed by atoms with Crippen molar-refractivity contribution >= 4 is 11.4 Å². The van der Waals surface area contributed by atoms with Crippen molar-refractivity contribution in [3.05, 3.63) is 28.3 Å². The van der Waals surface area contributed by atoms with Crippen molar-refractivity contribution in [2.24, 2.45) is 5.92 Å². The summed E-state index contributed by atoms with van der Waals surface area (Å²) in [6.07, 6.45) is 0.963. The van der Waals surface area contributed by atoms with Gasteiger partial charge in [-0.2, -0.15) is 0 Å². The van der Waals surface area contributed by atoms with Crippen LogP contribution in [0.15, 0.2) is 18.2 Å². The van der Waals surface area contributed by atoms with Gasteiger partial charge < -0.3 is 10.1 Å². The molecule has 18 heavy (non-hydrogen) atoms. The summed E-state index contributed by atoms with van der Waals surface area (Å²) in [5.41, 5.74) is 0.777. The summed E-state index contributed by atoms with van der Waals surface area (Å²) in [7, 11) is 0. The van der Waals surface area contributed by atoms with Gasteiger partial charge in [0.15, 0.2) is 0 Å². The quantitative estimate of drug-likeness (QED) is 0.596. The van der Waals surface area contributed by atoms with Gasteiger partial charge in [0.25, 0.3) is 5.69 Å². The van der Waals surface area contributed by atoms with Crippen molar-refractivity contribution in [1.82, 2.24) is 0 Å². The number of anilines is 1. The van der Waals surface area contributed by atoms with Crippen molar-refractivity contribution in [2.45, 2.75) is 27.2 Å². The summed E-state index contributed by atoms with van der Waals surface area (Å²) in [5, 5.41) is 14.0. The molecule has 0 saturated carbocycles. The van der Waals surface area contributed by atoms with Gasteiger partial charge in [-0.15, -0.1) is 0 Å². The van der Waals surface area contributed by atoms with E-state index in [4.69, 9.17) is 4.74 Å². The van der Waals surface area contributed by atoms with E-state index in [2.05, 4.69) is 5.32 Å². The molecule has 1 N–H and O–H groups in total. The van der Waals surface area contributed by atoms with Crippen molar-refractivity contribution in [3.8, 4) is 5.75 Å². The first-order valence-corrected chi connectivity index (χ1v) is 6.19. The molecule has 0 aliphatic carbocycles. The summed E-state index contributed by atoms with van der Waals surface area (Å²) in [5.74, 6) is 0.924. The van der Waals surface area contributed by atoms with Gasteiger partial charge in [0.05, 0.1) is 17.6 Å². The lowest BCUT2D eigenvalue weighted by atomic mass is 10.2. The van der Waals surface area contributed by atoms with Crippen LogP contribution in [0.5, 0.6) is 5.75 Å². The van der Waals surface area contributed by atoms with Crippen LogP contribution in [0.25, 0.3) is 0 Å². The van der Waals surface area contributed by atoms with Gasteiger partial charge in [-0.1, -0.05) is 20.8 Å². The Morgan fingerprint density at radius 3 is 2.67 bits per heavy atom. The standard InChI is InChI=1S/C13H20N2O3/c1-4-5-14-11-6-12(15(16)17)8-13(7-11)18-9-10(2)3/h6-8,10,14H,4-5,9H2,1-3H3. The van der Waals surface area contributed by atoms with Crippen LogP contribution in [0, 0.1) is 16.0 Å². The first-order valence-electron chi connectivity index (χ1n) is 6.19. The Morgan fingerprint density at radius 1 is 1.39 bits per heavy atom. The molecule has 0 aliphatic rings. The first-order chi connectivity index (χ1) is 8.52. The molecule has 0 bridgehead atoms. The molecule has 0 spiro atoms. The smallest absolute Gasteiger partial charge is 0.275 e. The molecule has 0 heterocycles. The Kier molecular flexibility index (Phi) is 5.42. The van der Waals surface area contributed by atoms with E-state index in [9.17, 15) is 10.1 Å². The normalized spacial score (nSPS) is 10.4. The number of hydrogen-bond donors (Lipinski definition) is 1. The Morgan fingerprint density at radius 2 is 2.11 bits per heavy atom. The number of nitro benzene ring substituents is 1. The molecule has 1 rings (SSSR count). The Bertz CT molecular complexity index is 405. The summed E-state index contributed by atoms with van der Waals surface area (Å²) >= 11 is 0. The zero-order valence-corrected chi connectivity index (χ0v) is 11.1. The van der Waals surface area contributed by atoms with Crippen LogP contribution in [-0.4, -0.2) is 18.1 Å². The molecule has 1 aromatic carbocycles. The van der Waals surface area contributed by atoms with E-state index in [1.54, 1.807) is 6.07 Å². The van der Waals surface area contributed by atoms with E-state index >= 15 is 0 Å². The molecule has 0 radical (unpaired) electrons. The molecular weight excluding hydrogens is 232 g/mol. The van der Waals surface area contributed by atoms with Crippen LogP contribution in [0.1, 0.15) is 27.2 Å². The van der Waals surface area contributed by atoms with Gasteiger partial charge in [-0.3, -0.25) is 10.1 Å². The van der Waals surface area contributed by atoms with Crippen LogP contribution in [-0.2, 0) is 0 Å². The lowest BCUT2D eigenvalue weighted by Gasteiger charge is -2.11. The molecule has 5 nitrogen and oxygen atoms in total. The van der Waals surface area contributed by atoms with Crippen molar-refractivity contribution in [3.63, 3.8) is 0 Å². The van der Waals surface area contributed by atoms with Crippen LogP contribution in [0.2, 0.25) is 0 Å². The zero-order valence-electron chi connectivity index (χ0n) is 11.1. The number of rotatable bonds is 7. The van der Waals surface area contributed by atoms with Crippen LogP contribution < -0.4 is 10.1 Å². The second-order valence-corrected chi connectivity index (χ2v) is 4.60. The maximum atomic E-state index is 10.8. The number of nitrogens with one attached hydrogen (secondary N) is 1. The van der Waals surface area contributed by atoms with E-state index in [0.29, 0.717) is 18.3 Å². The summed E-state index contributed by atoms with van der Waals surface area (Å²) in [4.78, 5) is 10.4. The fraction of sp³-hybridized carbons (Fsp3) is 0.538. The van der Waals surface area contributed by atoms with Crippen LogP contribution in [0.3, 0.4) is 0 Å². The van der Waals surface area contributed by atoms with Crippen molar-refractivity contribution in [2.75, 3.05) is 18.5 Å². The third-order valence-electron chi connectivity index (χ3n) is 2.26. The molecule has 0 aliphatic heterocycles. The third-order valence-corrected chi connectivity index (χ3v) is 2.26. The van der Waals surface area contributed by atoms with E-state index < -0.39 is 4.92 Å². The lowest BCUT2D eigenvalue weighted by molar-refractivity contribution is -0.384. The average Bonchev–Trinajstić information content (AvgIpc) is 2.33. The minimum absolute atomic E-state index is 0.0508. The Hall–Kier alpha value is -1.78. The summed E-state index contributed by atoms with van der Waals surface area (Å²) in [6.45, 7) is 7.45. The molecule has 0 fully saturated rings. The average molecular weight is 252 g/mol.